The van der Waals surface area contributed by atoms with E-state index in [4.69, 9.17) is 9.47 Å². The van der Waals surface area contributed by atoms with Crippen LogP contribution < -0.4 is 4.74 Å². The van der Waals surface area contributed by atoms with Crippen LogP contribution >= 0.6 is 0 Å². The SMILES string of the molecule is CCN1CCCC[C@H]1[C@H](C)Oc1ccc2c(c1)COC2=O. The van der Waals surface area contributed by atoms with Crippen LogP contribution in [-0.2, 0) is 11.3 Å². The number of cyclic esters (lactones) is 1. The molecule has 2 atom stereocenters. The maximum atomic E-state index is 11.5. The highest BCUT2D eigenvalue weighted by Crippen LogP contribution is 2.27. The molecular formula is C17H23NO3. The molecule has 0 spiro atoms. The number of benzene rings is 1. The number of hydrogen-bond acceptors (Lipinski definition) is 4. The van der Waals surface area contributed by atoms with Crippen molar-refractivity contribution in [1.82, 2.24) is 4.90 Å². The fourth-order valence-electron chi connectivity index (χ4n) is 3.42. The van der Waals surface area contributed by atoms with E-state index in [0.29, 0.717) is 18.2 Å². The molecule has 0 unspecified atom stereocenters. The van der Waals surface area contributed by atoms with Crippen molar-refractivity contribution in [2.75, 3.05) is 13.1 Å². The molecule has 3 rings (SSSR count). The Bertz CT molecular complexity index is 529. The van der Waals surface area contributed by atoms with Crippen LogP contribution in [0.2, 0.25) is 0 Å². The molecule has 0 N–H and O–H groups in total. The zero-order valence-corrected chi connectivity index (χ0v) is 12.8. The van der Waals surface area contributed by atoms with Gasteiger partial charge in [-0.3, -0.25) is 4.90 Å². The van der Waals surface area contributed by atoms with Gasteiger partial charge in [-0.15, -0.1) is 0 Å². The van der Waals surface area contributed by atoms with Gasteiger partial charge >= 0.3 is 5.97 Å². The van der Waals surface area contributed by atoms with Crippen molar-refractivity contribution in [3.63, 3.8) is 0 Å². The topological polar surface area (TPSA) is 38.8 Å². The molecule has 1 aromatic carbocycles. The maximum Gasteiger partial charge on any atom is 0.338 e. The van der Waals surface area contributed by atoms with Crippen molar-refractivity contribution in [2.24, 2.45) is 0 Å². The van der Waals surface area contributed by atoms with Crippen molar-refractivity contribution in [1.29, 1.82) is 0 Å². The predicted octanol–water partition coefficient (Wildman–Crippen LogP) is 3.00. The summed E-state index contributed by atoms with van der Waals surface area (Å²) in [4.78, 5) is 14.0. The quantitative estimate of drug-likeness (QED) is 0.799. The maximum absolute atomic E-state index is 11.5. The Morgan fingerprint density at radius 3 is 3.10 bits per heavy atom. The van der Waals surface area contributed by atoms with Gasteiger partial charge in [-0.25, -0.2) is 4.79 Å². The summed E-state index contributed by atoms with van der Waals surface area (Å²) in [5.41, 5.74) is 1.60. The Kier molecular flexibility index (Phi) is 4.15. The third-order valence-corrected chi connectivity index (χ3v) is 4.59. The Morgan fingerprint density at radius 1 is 1.43 bits per heavy atom. The van der Waals surface area contributed by atoms with E-state index in [1.165, 1.54) is 25.8 Å². The van der Waals surface area contributed by atoms with E-state index in [2.05, 4.69) is 18.7 Å². The van der Waals surface area contributed by atoms with E-state index in [-0.39, 0.29) is 12.1 Å². The number of ether oxygens (including phenoxy) is 2. The van der Waals surface area contributed by atoms with Gasteiger partial charge in [0.25, 0.3) is 0 Å². The van der Waals surface area contributed by atoms with Crippen LogP contribution in [0.25, 0.3) is 0 Å². The van der Waals surface area contributed by atoms with Crippen LogP contribution in [-0.4, -0.2) is 36.1 Å². The van der Waals surface area contributed by atoms with Crippen LogP contribution in [0.4, 0.5) is 0 Å². The first-order chi connectivity index (χ1) is 10.2. The zero-order chi connectivity index (χ0) is 14.8. The van der Waals surface area contributed by atoms with E-state index in [0.717, 1.165) is 17.9 Å². The summed E-state index contributed by atoms with van der Waals surface area (Å²) in [6, 6.07) is 6.11. The molecular weight excluding hydrogens is 266 g/mol. The predicted molar refractivity (Wildman–Crippen MR) is 80.5 cm³/mol. The number of rotatable bonds is 4. The number of hydrogen-bond donors (Lipinski definition) is 0. The van der Waals surface area contributed by atoms with Crippen LogP contribution in [0.15, 0.2) is 18.2 Å². The first kappa shape index (κ1) is 14.4. The van der Waals surface area contributed by atoms with E-state index in [1.807, 2.05) is 18.2 Å². The standard InChI is InChI=1S/C17H23NO3/c1-3-18-9-5-4-6-16(18)12(2)21-14-7-8-15-13(10-14)11-20-17(15)19/h7-8,10,12,16H,3-6,9,11H2,1-2H3/t12-,16-/m0/s1. The number of likely N-dealkylation sites (tertiary alicyclic amines) is 1. The van der Waals surface area contributed by atoms with Gasteiger partial charge in [-0.05, 0) is 51.1 Å². The highest BCUT2D eigenvalue weighted by atomic mass is 16.5. The Labute approximate surface area is 126 Å². The van der Waals surface area contributed by atoms with Crippen LogP contribution in [0.5, 0.6) is 5.75 Å². The van der Waals surface area contributed by atoms with Crippen molar-refractivity contribution in [3.05, 3.63) is 29.3 Å². The first-order valence-corrected chi connectivity index (χ1v) is 7.90. The number of nitrogens with zero attached hydrogens (tertiary/aromatic N) is 1. The van der Waals surface area contributed by atoms with E-state index < -0.39 is 0 Å². The van der Waals surface area contributed by atoms with Crippen molar-refractivity contribution in [2.45, 2.75) is 51.9 Å². The molecule has 21 heavy (non-hydrogen) atoms. The van der Waals surface area contributed by atoms with Crippen LogP contribution in [0.3, 0.4) is 0 Å². The number of carbonyl (C=O) groups is 1. The number of carbonyl (C=O) groups excluding carboxylic acids is 1. The molecule has 0 radical (unpaired) electrons. The molecule has 0 aromatic heterocycles. The number of fused-ring (bicyclic) bond motifs is 1. The molecule has 1 aromatic rings. The molecule has 114 valence electrons. The van der Waals surface area contributed by atoms with Gasteiger partial charge in [0.05, 0.1) is 5.56 Å². The minimum absolute atomic E-state index is 0.154. The molecule has 0 bridgehead atoms. The summed E-state index contributed by atoms with van der Waals surface area (Å²) in [5.74, 6) is 0.607. The summed E-state index contributed by atoms with van der Waals surface area (Å²) >= 11 is 0. The molecule has 2 aliphatic rings. The molecule has 0 amide bonds. The summed E-state index contributed by atoms with van der Waals surface area (Å²) in [7, 11) is 0. The van der Waals surface area contributed by atoms with Gasteiger partial charge < -0.3 is 9.47 Å². The average Bonchev–Trinajstić information content (AvgIpc) is 2.88. The third kappa shape index (κ3) is 2.91. The van der Waals surface area contributed by atoms with Gasteiger partial charge in [0.1, 0.15) is 18.5 Å². The summed E-state index contributed by atoms with van der Waals surface area (Å²) < 4.78 is 11.2. The lowest BCUT2D eigenvalue weighted by atomic mass is 9.98. The van der Waals surface area contributed by atoms with Crippen LogP contribution in [0, 0.1) is 0 Å². The van der Waals surface area contributed by atoms with Crippen LogP contribution in [0.1, 0.15) is 49.0 Å². The Morgan fingerprint density at radius 2 is 2.29 bits per heavy atom. The molecule has 4 heteroatoms. The minimum atomic E-state index is -0.228. The van der Waals surface area contributed by atoms with Gasteiger partial charge in [-0.2, -0.15) is 0 Å². The lowest BCUT2D eigenvalue weighted by molar-refractivity contribution is 0.0529. The lowest BCUT2D eigenvalue weighted by Gasteiger charge is -2.38. The number of esters is 1. The molecule has 4 nitrogen and oxygen atoms in total. The van der Waals surface area contributed by atoms with Gasteiger partial charge in [-0.1, -0.05) is 13.3 Å². The van der Waals surface area contributed by atoms with Gasteiger partial charge in [0, 0.05) is 11.6 Å². The summed E-state index contributed by atoms with van der Waals surface area (Å²) in [6.07, 6.45) is 3.92. The number of piperidine rings is 1. The lowest BCUT2D eigenvalue weighted by Crippen LogP contribution is -2.47. The van der Waals surface area contributed by atoms with Gasteiger partial charge in [0.15, 0.2) is 0 Å². The summed E-state index contributed by atoms with van der Waals surface area (Å²) in [5, 5.41) is 0. The summed E-state index contributed by atoms with van der Waals surface area (Å²) in [6.45, 7) is 6.97. The van der Waals surface area contributed by atoms with Crippen molar-refractivity contribution >= 4 is 5.97 Å². The molecule has 2 aliphatic heterocycles. The molecule has 0 saturated carbocycles. The van der Waals surface area contributed by atoms with Gasteiger partial charge in [0.2, 0.25) is 0 Å². The first-order valence-electron chi connectivity index (χ1n) is 7.90. The van der Waals surface area contributed by atoms with Crippen molar-refractivity contribution in [3.8, 4) is 5.75 Å². The highest BCUT2D eigenvalue weighted by Gasteiger charge is 2.28. The third-order valence-electron chi connectivity index (χ3n) is 4.59. The van der Waals surface area contributed by atoms with E-state index >= 15 is 0 Å². The average molecular weight is 289 g/mol. The molecule has 1 fully saturated rings. The minimum Gasteiger partial charge on any atom is -0.489 e. The normalized spacial score (nSPS) is 23.5. The van der Waals surface area contributed by atoms with E-state index in [1.54, 1.807) is 0 Å². The fourth-order valence-corrected chi connectivity index (χ4v) is 3.42. The molecule has 2 heterocycles. The number of likely N-dealkylation sites (N-methyl/N-ethyl adjacent to an activating group) is 1. The van der Waals surface area contributed by atoms with Crippen molar-refractivity contribution < 1.29 is 14.3 Å². The smallest absolute Gasteiger partial charge is 0.338 e. The molecule has 0 aliphatic carbocycles. The second-order valence-electron chi connectivity index (χ2n) is 5.91. The fraction of sp³-hybridized carbons (Fsp3) is 0.588. The second-order valence-corrected chi connectivity index (χ2v) is 5.91. The monoisotopic (exact) mass is 289 g/mol. The zero-order valence-electron chi connectivity index (χ0n) is 12.8. The largest absolute Gasteiger partial charge is 0.489 e. The highest BCUT2D eigenvalue weighted by molar-refractivity contribution is 5.93. The second kappa shape index (κ2) is 6.06. The Hall–Kier alpha value is -1.55. The molecule has 1 saturated heterocycles. The van der Waals surface area contributed by atoms with E-state index in [9.17, 15) is 4.79 Å². The Balaban J connectivity index is 1.69.